The summed E-state index contributed by atoms with van der Waals surface area (Å²) in [5.41, 5.74) is 16.0. The van der Waals surface area contributed by atoms with Gasteiger partial charge in [-0.05, 0) is 37.1 Å². The number of benzene rings is 2. The minimum Gasteiger partial charge on any atom is -0.398 e. The number of aryl methyl sites for hydroxylation is 2. The van der Waals surface area contributed by atoms with Gasteiger partial charge in [0.15, 0.2) is 0 Å². The van der Waals surface area contributed by atoms with Crippen molar-refractivity contribution in [2.24, 2.45) is 0 Å². The molecule has 0 fully saturated rings. The molecule has 0 aliphatic carbocycles. The van der Waals surface area contributed by atoms with Crippen molar-refractivity contribution in [1.29, 1.82) is 0 Å². The Morgan fingerprint density at radius 3 is 1.59 bits per heavy atom. The van der Waals surface area contributed by atoms with E-state index in [2.05, 4.69) is 0 Å². The van der Waals surface area contributed by atoms with Crippen LogP contribution in [0.5, 0.6) is 0 Å². The van der Waals surface area contributed by atoms with Crippen LogP contribution in [0.1, 0.15) is 11.1 Å². The molecule has 0 saturated carbocycles. The van der Waals surface area contributed by atoms with Crippen molar-refractivity contribution in [3.63, 3.8) is 0 Å². The molecule has 4 N–H and O–H groups in total. The topological polar surface area (TPSA) is 52.0 Å². The fourth-order valence-corrected chi connectivity index (χ4v) is 2.68. The second-order valence-corrected chi connectivity index (χ2v) is 5.16. The molecule has 0 atom stereocenters. The fourth-order valence-electron chi connectivity index (χ4n) is 1.60. The standard InChI is InChI=1S/C14H16N2S/c1-9-5-3-7-11(13(9)15)17-12-8-4-6-10(2)14(12)16/h3-8H,15-16H2,1-2H3. The molecule has 0 aliphatic rings. The molecule has 3 heteroatoms. The first-order valence-electron chi connectivity index (χ1n) is 5.47. The number of para-hydroxylation sites is 2. The Morgan fingerprint density at radius 1 is 0.765 bits per heavy atom. The highest BCUT2D eigenvalue weighted by Gasteiger charge is 2.07. The smallest absolute Gasteiger partial charge is 0.0485 e. The lowest BCUT2D eigenvalue weighted by Gasteiger charge is -2.10. The Morgan fingerprint density at radius 2 is 1.18 bits per heavy atom. The van der Waals surface area contributed by atoms with Gasteiger partial charge < -0.3 is 11.5 Å². The maximum absolute atomic E-state index is 6.06. The summed E-state index contributed by atoms with van der Waals surface area (Å²) in [6.45, 7) is 4.03. The summed E-state index contributed by atoms with van der Waals surface area (Å²) >= 11 is 1.62. The zero-order valence-corrected chi connectivity index (χ0v) is 10.8. The van der Waals surface area contributed by atoms with Crippen molar-refractivity contribution >= 4 is 23.1 Å². The van der Waals surface area contributed by atoms with Crippen LogP contribution in [0.2, 0.25) is 0 Å². The predicted octanol–water partition coefficient (Wildman–Crippen LogP) is 3.62. The van der Waals surface area contributed by atoms with Crippen LogP contribution in [0.25, 0.3) is 0 Å². The van der Waals surface area contributed by atoms with E-state index in [4.69, 9.17) is 11.5 Å². The first kappa shape index (κ1) is 11.9. The van der Waals surface area contributed by atoms with E-state index in [0.717, 1.165) is 32.3 Å². The molecule has 0 aliphatic heterocycles. The molecule has 2 rings (SSSR count). The number of rotatable bonds is 2. The molecule has 2 nitrogen and oxygen atoms in total. The van der Waals surface area contributed by atoms with Gasteiger partial charge in [0.2, 0.25) is 0 Å². The van der Waals surface area contributed by atoms with E-state index >= 15 is 0 Å². The normalized spacial score (nSPS) is 10.5. The molecule has 0 aromatic heterocycles. The lowest BCUT2D eigenvalue weighted by Crippen LogP contribution is -1.94. The number of nitrogens with two attached hydrogens (primary N) is 2. The van der Waals surface area contributed by atoms with E-state index in [1.165, 1.54) is 0 Å². The highest BCUT2D eigenvalue weighted by molar-refractivity contribution is 7.99. The molecule has 0 heterocycles. The second-order valence-electron chi connectivity index (χ2n) is 4.08. The van der Waals surface area contributed by atoms with Crippen molar-refractivity contribution in [2.75, 3.05) is 11.5 Å². The highest BCUT2D eigenvalue weighted by atomic mass is 32.2. The molecule has 2 aromatic rings. The van der Waals surface area contributed by atoms with E-state index in [9.17, 15) is 0 Å². The Balaban J connectivity index is 2.38. The third-order valence-corrected chi connectivity index (χ3v) is 3.94. The van der Waals surface area contributed by atoms with Crippen molar-refractivity contribution in [2.45, 2.75) is 23.6 Å². The molecule has 0 unspecified atom stereocenters. The summed E-state index contributed by atoms with van der Waals surface area (Å²) in [6, 6.07) is 12.1. The molecular formula is C14H16N2S. The Labute approximate surface area is 106 Å². The quantitative estimate of drug-likeness (QED) is 0.793. The van der Waals surface area contributed by atoms with Gasteiger partial charge in [-0.15, -0.1) is 0 Å². The molecule has 88 valence electrons. The molecule has 0 bridgehead atoms. The van der Waals surface area contributed by atoms with E-state index in [-0.39, 0.29) is 0 Å². The molecule has 0 radical (unpaired) electrons. The second kappa shape index (κ2) is 4.72. The molecule has 2 aromatic carbocycles. The van der Waals surface area contributed by atoms with Crippen LogP contribution in [0.15, 0.2) is 46.2 Å². The average molecular weight is 244 g/mol. The van der Waals surface area contributed by atoms with E-state index < -0.39 is 0 Å². The molecule has 17 heavy (non-hydrogen) atoms. The van der Waals surface area contributed by atoms with Gasteiger partial charge in [0.05, 0.1) is 0 Å². The first-order valence-corrected chi connectivity index (χ1v) is 6.29. The van der Waals surface area contributed by atoms with Crippen LogP contribution in [0, 0.1) is 13.8 Å². The maximum Gasteiger partial charge on any atom is 0.0485 e. The fraction of sp³-hybridized carbons (Fsp3) is 0.143. The summed E-state index contributed by atoms with van der Waals surface area (Å²) in [5, 5.41) is 0. The molecule has 0 spiro atoms. The van der Waals surface area contributed by atoms with Gasteiger partial charge in [0, 0.05) is 21.2 Å². The van der Waals surface area contributed by atoms with Crippen molar-refractivity contribution in [1.82, 2.24) is 0 Å². The highest BCUT2D eigenvalue weighted by Crippen LogP contribution is 2.37. The zero-order chi connectivity index (χ0) is 12.4. The Kier molecular flexibility index (Phi) is 3.29. The van der Waals surface area contributed by atoms with Crippen LogP contribution in [0.3, 0.4) is 0 Å². The summed E-state index contributed by atoms with van der Waals surface area (Å²) in [5.74, 6) is 0. The van der Waals surface area contributed by atoms with Crippen LogP contribution in [0.4, 0.5) is 11.4 Å². The average Bonchev–Trinajstić information content (AvgIpc) is 2.31. The van der Waals surface area contributed by atoms with Crippen LogP contribution in [-0.2, 0) is 0 Å². The number of hydrogen-bond donors (Lipinski definition) is 2. The number of anilines is 2. The minimum atomic E-state index is 0.832. The number of hydrogen-bond acceptors (Lipinski definition) is 3. The number of nitrogen functional groups attached to an aromatic ring is 2. The third kappa shape index (κ3) is 2.39. The van der Waals surface area contributed by atoms with Crippen molar-refractivity contribution < 1.29 is 0 Å². The van der Waals surface area contributed by atoms with Gasteiger partial charge in [-0.3, -0.25) is 0 Å². The third-order valence-electron chi connectivity index (χ3n) is 2.79. The summed E-state index contributed by atoms with van der Waals surface area (Å²) in [6.07, 6.45) is 0. The maximum atomic E-state index is 6.06. The molecule has 0 amide bonds. The lowest BCUT2D eigenvalue weighted by molar-refractivity contribution is 1.33. The summed E-state index contributed by atoms with van der Waals surface area (Å²) in [4.78, 5) is 2.12. The van der Waals surface area contributed by atoms with Gasteiger partial charge in [0.1, 0.15) is 0 Å². The SMILES string of the molecule is Cc1cccc(Sc2cccc(C)c2N)c1N. The summed E-state index contributed by atoms with van der Waals surface area (Å²) < 4.78 is 0. The van der Waals surface area contributed by atoms with E-state index in [1.807, 2.05) is 50.2 Å². The minimum absolute atomic E-state index is 0.832. The van der Waals surface area contributed by atoms with Crippen LogP contribution >= 0.6 is 11.8 Å². The zero-order valence-electron chi connectivity index (χ0n) is 10.0. The Hall–Kier alpha value is -1.61. The lowest BCUT2D eigenvalue weighted by atomic mass is 10.2. The van der Waals surface area contributed by atoms with Gasteiger partial charge in [-0.1, -0.05) is 36.0 Å². The van der Waals surface area contributed by atoms with Crippen LogP contribution < -0.4 is 11.5 Å². The van der Waals surface area contributed by atoms with Crippen molar-refractivity contribution in [3.8, 4) is 0 Å². The first-order chi connectivity index (χ1) is 8.09. The van der Waals surface area contributed by atoms with E-state index in [1.54, 1.807) is 11.8 Å². The van der Waals surface area contributed by atoms with Crippen LogP contribution in [-0.4, -0.2) is 0 Å². The monoisotopic (exact) mass is 244 g/mol. The Bertz CT molecular complexity index is 500. The summed E-state index contributed by atoms with van der Waals surface area (Å²) in [7, 11) is 0. The van der Waals surface area contributed by atoms with Gasteiger partial charge in [-0.2, -0.15) is 0 Å². The van der Waals surface area contributed by atoms with Gasteiger partial charge in [-0.25, -0.2) is 0 Å². The largest absolute Gasteiger partial charge is 0.398 e. The van der Waals surface area contributed by atoms with E-state index in [0.29, 0.717) is 0 Å². The van der Waals surface area contributed by atoms with Gasteiger partial charge in [0.25, 0.3) is 0 Å². The van der Waals surface area contributed by atoms with Crippen molar-refractivity contribution in [3.05, 3.63) is 47.5 Å². The van der Waals surface area contributed by atoms with Gasteiger partial charge >= 0.3 is 0 Å². The molecule has 0 saturated heterocycles. The predicted molar refractivity (Wildman–Crippen MR) is 75.3 cm³/mol. The molecular weight excluding hydrogens is 228 g/mol.